The van der Waals surface area contributed by atoms with Gasteiger partial charge < -0.3 is 20.3 Å². The molecule has 20 heavy (non-hydrogen) atoms. The Morgan fingerprint density at radius 1 is 1.25 bits per heavy atom. The molecule has 1 fully saturated rings. The van der Waals surface area contributed by atoms with Crippen LogP contribution in [0, 0.1) is 5.41 Å². The lowest BCUT2D eigenvalue weighted by Gasteiger charge is -2.30. The highest BCUT2D eigenvalue weighted by molar-refractivity contribution is 5.83. The molecule has 0 saturated carbocycles. The highest BCUT2D eigenvalue weighted by Gasteiger charge is 2.22. The third kappa shape index (κ3) is 5.46. The normalized spacial score (nSPS) is 16.1. The minimum atomic E-state index is -0.0986. The fourth-order valence-corrected chi connectivity index (χ4v) is 2.17. The molecule has 2 amide bonds. The van der Waals surface area contributed by atoms with Crippen LogP contribution in [-0.2, 0) is 14.3 Å². The monoisotopic (exact) mass is 285 g/mol. The molecular formula is C14H27N3O3. The Morgan fingerprint density at radius 2 is 1.85 bits per heavy atom. The van der Waals surface area contributed by atoms with Crippen LogP contribution in [0.3, 0.4) is 0 Å². The zero-order chi connectivity index (χ0) is 15.2. The number of hydrogen-bond donors (Lipinski definition) is 1. The zero-order valence-corrected chi connectivity index (χ0v) is 12.9. The second-order valence-corrected chi connectivity index (χ2v) is 6.11. The maximum absolute atomic E-state index is 12.0. The second kappa shape index (κ2) is 7.59. The Bertz CT molecular complexity index is 339. The van der Waals surface area contributed by atoms with Crippen molar-refractivity contribution >= 4 is 11.8 Å². The first-order valence-electron chi connectivity index (χ1n) is 7.15. The van der Waals surface area contributed by atoms with Gasteiger partial charge in [-0.25, -0.2) is 0 Å². The molecule has 0 spiro atoms. The van der Waals surface area contributed by atoms with E-state index in [-0.39, 0.29) is 30.1 Å². The summed E-state index contributed by atoms with van der Waals surface area (Å²) in [7, 11) is 1.76. The van der Waals surface area contributed by atoms with Gasteiger partial charge >= 0.3 is 0 Å². The minimum absolute atomic E-state index is 0.00636. The lowest BCUT2D eigenvalue weighted by Crippen LogP contribution is -2.42. The number of carbonyl (C=O) groups excluding carboxylic acids is 2. The highest BCUT2D eigenvalue weighted by atomic mass is 16.5. The zero-order valence-electron chi connectivity index (χ0n) is 12.9. The van der Waals surface area contributed by atoms with E-state index < -0.39 is 0 Å². The van der Waals surface area contributed by atoms with E-state index in [1.807, 2.05) is 13.8 Å². The highest BCUT2D eigenvalue weighted by Crippen LogP contribution is 2.14. The van der Waals surface area contributed by atoms with Crippen LogP contribution in [0.4, 0.5) is 0 Å². The molecule has 0 aromatic rings. The third-order valence-corrected chi connectivity index (χ3v) is 3.56. The SMILES string of the molecule is CN(CC(C)(C)CN)C(=O)CCC(=O)N1CCOCC1. The number of ether oxygens (including phenoxy) is 1. The van der Waals surface area contributed by atoms with Gasteiger partial charge in [0.15, 0.2) is 0 Å². The van der Waals surface area contributed by atoms with Crippen LogP contribution < -0.4 is 5.73 Å². The van der Waals surface area contributed by atoms with Crippen molar-refractivity contribution in [3.05, 3.63) is 0 Å². The smallest absolute Gasteiger partial charge is 0.223 e. The topological polar surface area (TPSA) is 75.9 Å². The van der Waals surface area contributed by atoms with Gasteiger partial charge in [0.2, 0.25) is 11.8 Å². The van der Waals surface area contributed by atoms with E-state index in [1.54, 1.807) is 16.8 Å². The van der Waals surface area contributed by atoms with E-state index >= 15 is 0 Å². The Hall–Kier alpha value is -1.14. The van der Waals surface area contributed by atoms with Gasteiger partial charge in [-0.2, -0.15) is 0 Å². The molecule has 1 rings (SSSR count). The summed E-state index contributed by atoms with van der Waals surface area (Å²) in [4.78, 5) is 27.4. The molecule has 1 saturated heterocycles. The number of nitrogens with two attached hydrogens (primary N) is 1. The van der Waals surface area contributed by atoms with E-state index in [0.717, 1.165) is 0 Å². The number of rotatable bonds is 6. The fraction of sp³-hybridized carbons (Fsp3) is 0.857. The first kappa shape index (κ1) is 16.9. The van der Waals surface area contributed by atoms with Crippen molar-refractivity contribution in [2.24, 2.45) is 11.1 Å². The van der Waals surface area contributed by atoms with E-state index in [9.17, 15) is 9.59 Å². The quantitative estimate of drug-likeness (QED) is 0.749. The van der Waals surface area contributed by atoms with Crippen molar-refractivity contribution in [2.45, 2.75) is 26.7 Å². The molecule has 0 atom stereocenters. The summed E-state index contributed by atoms with van der Waals surface area (Å²) in [6.07, 6.45) is 0.527. The molecule has 116 valence electrons. The van der Waals surface area contributed by atoms with Gasteiger partial charge in [-0.15, -0.1) is 0 Å². The van der Waals surface area contributed by atoms with Gasteiger partial charge in [-0.3, -0.25) is 9.59 Å². The molecule has 0 aliphatic carbocycles. The number of nitrogens with zero attached hydrogens (tertiary/aromatic N) is 2. The summed E-state index contributed by atoms with van der Waals surface area (Å²) in [6, 6.07) is 0. The van der Waals surface area contributed by atoms with Gasteiger partial charge in [0, 0.05) is 39.5 Å². The van der Waals surface area contributed by atoms with Crippen molar-refractivity contribution in [1.29, 1.82) is 0 Å². The van der Waals surface area contributed by atoms with Crippen molar-refractivity contribution in [3.63, 3.8) is 0 Å². The molecule has 2 N–H and O–H groups in total. The summed E-state index contributed by atoms with van der Waals surface area (Å²) in [5.41, 5.74) is 5.57. The number of carbonyl (C=O) groups is 2. The standard InChI is InChI=1S/C14H27N3O3/c1-14(2,10-15)11-16(3)12(18)4-5-13(19)17-6-8-20-9-7-17/h4-11,15H2,1-3H3. The van der Waals surface area contributed by atoms with Crippen LogP contribution in [0.15, 0.2) is 0 Å². The summed E-state index contributed by atoms with van der Waals surface area (Å²) >= 11 is 0. The number of amides is 2. The number of morpholine rings is 1. The average molecular weight is 285 g/mol. The van der Waals surface area contributed by atoms with E-state index in [4.69, 9.17) is 10.5 Å². The molecular weight excluding hydrogens is 258 g/mol. The predicted octanol–water partition coefficient (Wildman–Crippen LogP) is 0.0687. The summed E-state index contributed by atoms with van der Waals surface area (Å²) < 4.78 is 5.20. The number of hydrogen-bond acceptors (Lipinski definition) is 4. The molecule has 0 radical (unpaired) electrons. The minimum Gasteiger partial charge on any atom is -0.378 e. The average Bonchev–Trinajstić information content (AvgIpc) is 2.44. The molecule has 1 aliphatic heterocycles. The molecule has 1 heterocycles. The van der Waals surface area contributed by atoms with Gasteiger partial charge in [-0.05, 0) is 12.0 Å². The first-order valence-corrected chi connectivity index (χ1v) is 7.15. The lowest BCUT2D eigenvalue weighted by molar-refractivity contribution is -0.139. The van der Waals surface area contributed by atoms with Gasteiger partial charge in [0.05, 0.1) is 13.2 Å². The van der Waals surface area contributed by atoms with E-state index in [1.165, 1.54) is 0 Å². The van der Waals surface area contributed by atoms with Crippen LogP contribution in [0.2, 0.25) is 0 Å². The summed E-state index contributed by atoms with van der Waals surface area (Å²) in [5.74, 6) is 0.0290. The van der Waals surface area contributed by atoms with Crippen LogP contribution in [0.1, 0.15) is 26.7 Å². The lowest BCUT2D eigenvalue weighted by atomic mass is 9.93. The molecule has 0 unspecified atom stereocenters. The fourth-order valence-electron chi connectivity index (χ4n) is 2.17. The largest absolute Gasteiger partial charge is 0.378 e. The van der Waals surface area contributed by atoms with Crippen LogP contribution in [0.25, 0.3) is 0 Å². The van der Waals surface area contributed by atoms with E-state index in [2.05, 4.69) is 0 Å². The van der Waals surface area contributed by atoms with Crippen molar-refractivity contribution < 1.29 is 14.3 Å². The maximum Gasteiger partial charge on any atom is 0.223 e. The molecule has 1 aliphatic rings. The van der Waals surface area contributed by atoms with Crippen LogP contribution in [-0.4, -0.2) is 68.1 Å². The molecule has 6 heteroatoms. The van der Waals surface area contributed by atoms with Gasteiger partial charge in [-0.1, -0.05) is 13.8 Å². The predicted molar refractivity (Wildman–Crippen MR) is 77.1 cm³/mol. The van der Waals surface area contributed by atoms with Gasteiger partial charge in [0.25, 0.3) is 0 Å². The third-order valence-electron chi connectivity index (χ3n) is 3.56. The molecule has 6 nitrogen and oxygen atoms in total. The van der Waals surface area contributed by atoms with Crippen molar-refractivity contribution in [3.8, 4) is 0 Å². The molecule has 0 aromatic heterocycles. The first-order chi connectivity index (χ1) is 9.35. The Kier molecular flexibility index (Phi) is 6.42. The van der Waals surface area contributed by atoms with Crippen LogP contribution >= 0.6 is 0 Å². The van der Waals surface area contributed by atoms with Gasteiger partial charge in [0.1, 0.15) is 0 Å². The van der Waals surface area contributed by atoms with Crippen LogP contribution in [0.5, 0.6) is 0 Å². The van der Waals surface area contributed by atoms with Crippen molar-refractivity contribution in [1.82, 2.24) is 9.80 Å². The Balaban J connectivity index is 2.33. The Labute approximate surface area is 121 Å². The second-order valence-electron chi connectivity index (χ2n) is 6.11. The van der Waals surface area contributed by atoms with E-state index in [0.29, 0.717) is 39.4 Å². The Morgan fingerprint density at radius 3 is 2.40 bits per heavy atom. The summed E-state index contributed by atoms with van der Waals surface area (Å²) in [6.45, 7) is 7.61. The maximum atomic E-state index is 12.0. The molecule has 0 bridgehead atoms. The molecule has 0 aromatic carbocycles. The van der Waals surface area contributed by atoms with Crippen molar-refractivity contribution in [2.75, 3.05) is 46.4 Å². The summed E-state index contributed by atoms with van der Waals surface area (Å²) in [5, 5.41) is 0.